The molecule has 0 spiro atoms. The molecule has 20 nitrogen and oxygen atoms in total. The summed E-state index contributed by atoms with van der Waals surface area (Å²) in [6.45, 7) is 8.53. The molecule has 6 heterocycles. The number of aliphatic hydroxyl groups excluding tert-OH is 2. The molecule has 2 aliphatic rings. The van der Waals surface area contributed by atoms with Gasteiger partial charge in [0.05, 0.1) is 57.1 Å². The van der Waals surface area contributed by atoms with Crippen molar-refractivity contribution >= 4 is 74.1 Å². The monoisotopic (exact) mass is 892 g/mol. The number of carbonyl (C=O) groups excluding carboxylic acids is 1. The highest BCUT2D eigenvalue weighted by molar-refractivity contribution is 8.09. The number of nitrogens with one attached hydrogen (secondary N) is 3. The van der Waals surface area contributed by atoms with Gasteiger partial charge in [-0.05, 0) is 42.1 Å². The number of amides is 1. The average molecular weight is 893 g/mol. The number of aromatic nitrogens is 8. The lowest BCUT2D eigenvalue weighted by Gasteiger charge is -2.41. The molecule has 0 radical (unpaired) electrons. The van der Waals surface area contributed by atoms with E-state index in [0.717, 1.165) is 0 Å². The Labute approximate surface area is 359 Å². The highest BCUT2D eigenvalue weighted by atomic mass is 32.5. The molecular weight excluding hydrogens is 842 g/mol. The zero-order valence-electron chi connectivity index (χ0n) is 34.7. The Morgan fingerprint density at radius 3 is 2.31 bits per heavy atom. The summed E-state index contributed by atoms with van der Waals surface area (Å²) in [4.78, 5) is 39.5. The summed E-state index contributed by atoms with van der Waals surface area (Å²) in [5.74, 6) is 0.411. The first kappa shape index (κ1) is 44.7. The number of ether oxygens (including phenoxy) is 2. The number of imidazole rings is 2. The molecule has 1 unspecified atom stereocenters. The van der Waals surface area contributed by atoms with Crippen LogP contribution in [0.25, 0.3) is 22.3 Å². The van der Waals surface area contributed by atoms with E-state index in [1.54, 1.807) is 39.7 Å². The van der Waals surface area contributed by atoms with Crippen molar-refractivity contribution in [3.05, 3.63) is 61.2 Å². The predicted octanol–water partition coefficient (Wildman–Crippen LogP) is 3.79. The first-order valence-electron chi connectivity index (χ1n) is 19.9. The van der Waals surface area contributed by atoms with Gasteiger partial charge in [0.2, 0.25) is 7.41 Å². The molecule has 24 heteroatoms. The van der Waals surface area contributed by atoms with E-state index in [0.29, 0.717) is 41.1 Å². The first-order chi connectivity index (χ1) is 29.2. The van der Waals surface area contributed by atoms with Crippen LogP contribution in [0.15, 0.2) is 55.6 Å². The number of benzene rings is 1. The standard InChI is InChI=1S/C37H50BN12O8PSSi/c1-37(2,3)61(5,6)58-29-26(25(16-51)57-36(29)50-21-45-28-31(47-38-4)41-19-43-33(28)50)48-59(60,54-14-10-13-39)55-17-23-15-24(52)35(56-23)49-20-44-27-30(40-18-42-32(27)49)46-34(53)22-11-8-7-9-12-22/h7-9,11-12,18-21,23-26,29,35-36,38,51-52H,10,14-17H2,1-6H3,(H,48,60)(H,41,43,47)(H,40,42,46,53)/t23-,24+,25+,26+,29+,35+,36+,59?/m0/s1. The average Bonchev–Trinajstić information content (AvgIpc) is 4.02. The van der Waals surface area contributed by atoms with E-state index < -0.39 is 64.5 Å². The molecule has 2 fully saturated rings. The number of aliphatic hydroxyl groups is 2. The molecule has 0 saturated carbocycles. The summed E-state index contributed by atoms with van der Waals surface area (Å²) in [6, 6.07) is 10.0. The van der Waals surface area contributed by atoms with Crippen LogP contribution in [0.4, 0.5) is 11.6 Å². The molecule has 4 aromatic heterocycles. The molecule has 8 atom stereocenters. The topological polar surface area (TPSA) is 251 Å². The maximum absolute atomic E-state index is 12.9. The van der Waals surface area contributed by atoms with Gasteiger partial charge in [0.1, 0.15) is 42.3 Å². The van der Waals surface area contributed by atoms with E-state index in [9.17, 15) is 20.3 Å². The van der Waals surface area contributed by atoms with Gasteiger partial charge in [-0.2, -0.15) is 5.26 Å². The van der Waals surface area contributed by atoms with Crippen molar-refractivity contribution in [1.82, 2.24) is 44.1 Å². The van der Waals surface area contributed by atoms with Crippen LogP contribution in [0.5, 0.6) is 0 Å². The second-order valence-corrected chi connectivity index (χ2v) is 24.1. The van der Waals surface area contributed by atoms with E-state index in [2.05, 4.69) is 85.5 Å². The molecule has 5 N–H and O–H groups in total. The summed E-state index contributed by atoms with van der Waals surface area (Å²) in [6.07, 6.45) is 1.07. The molecule has 0 aliphatic carbocycles. The van der Waals surface area contributed by atoms with Crippen LogP contribution in [0.3, 0.4) is 0 Å². The zero-order chi connectivity index (χ0) is 43.5. The van der Waals surface area contributed by atoms with Crippen molar-refractivity contribution in [3.8, 4) is 6.07 Å². The third kappa shape index (κ3) is 9.55. The fourth-order valence-electron chi connectivity index (χ4n) is 6.92. The lowest BCUT2D eigenvalue weighted by atomic mass is 10.0. The molecule has 2 saturated heterocycles. The van der Waals surface area contributed by atoms with Crippen LogP contribution in [0.1, 0.15) is 56.4 Å². The van der Waals surface area contributed by atoms with Gasteiger partial charge in [-0.1, -0.05) is 45.8 Å². The molecule has 2 aliphatic heterocycles. The van der Waals surface area contributed by atoms with Gasteiger partial charge < -0.3 is 43.7 Å². The number of nitriles is 1. The van der Waals surface area contributed by atoms with Gasteiger partial charge in [-0.3, -0.25) is 13.9 Å². The second kappa shape index (κ2) is 18.6. The minimum Gasteiger partial charge on any atom is -0.414 e. The van der Waals surface area contributed by atoms with Crippen LogP contribution < -0.4 is 15.6 Å². The lowest BCUT2D eigenvalue weighted by molar-refractivity contribution is -0.0470. The van der Waals surface area contributed by atoms with Crippen molar-refractivity contribution in [2.75, 3.05) is 30.4 Å². The molecule has 1 amide bonds. The SMILES string of the molecule is CBNc1ncnc2c1ncn2[C@@H]1O[C@H](CO)[C@@H](NP(=S)(OCCC#N)OC[C@@H]2C[C@@H](O)[C@H](n3cnc4c(NC(=O)c5ccccc5)ncnc43)O2)[C@H]1O[Si](C)(C)C(C)(C)C. The van der Waals surface area contributed by atoms with Crippen LogP contribution in [0, 0.1) is 11.3 Å². The quantitative estimate of drug-likeness (QED) is 0.0506. The van der Waals surface area contributed by atoms with Crippen LogP contribution in [-0.2, 0) is 34.8 Å². The van der Waals surface area contributed by atoms with Crippen molar-refractivity contribution < 1.29 is 38.0 Å². The van der Waals surface area contributed by atoms with Crippen molar-refractivity contribution in [3.63, 3.8) is 0 Å². The van der Waals surface area contributed by atoms with Gasteiger partial charge in [-0.25, -0.2) is 35.0 Å². The van der Waals surface area contributed by atoms with E-state index in [1.807, 2.05) is 12.9 Å². The molecule has 324 valence electrons. The molecular formula is C37H50BN12O8PSSi. The van der Waals surface area contributed by atoms with Gasteiger partial charge in [0, 0.05) is 12.0 Å². The molecule has 61 heavy (non-hydrogen) atoms. The third-order valence-electron chi connectivity index (χ3n) is 11.0. The highest BCUT2D eigenvalue weighted by Gasteiger charge is 2.53. The fourth-order valence-corrected chi connectivity index (χ4v) is 10.6. The van der Waals surface area contributed by atoms with Crippen molar-refractivity contribution in [2.45, 2.75) is 101 Å². The van der Waals surface area contributed by atoms with E-state index in [4.69, 9.17) is 34.8 Å². The first-order valence-corrected chi connectivity index (χ1v) is 25.5. The molecule has 1 aromatic carbocycles. The summed E-state index contributed by atoms with van der Waals surface area (Å²) >= 11 is 6.13. The zero-order valence-corrected chi connectivity index (χ0v) is 37.4. The summed E-state index contributed by atoms with van der Waals surface area (Å²) in [7, 11) is -1.92. The maximum atomic E-state index is 12.9. The Morgan fingerprint density at radius 1 is 1.02 bits per heavy atom. The maximum Gasteiger partial charge on any atom is 0.261 e. The van der Waals surface area contributed by atoms with Crippen LogP contribution in [-0.4, -0.2) is 121 Å². The Balaban J connectivity index is 1.12. The number of fused-ring (bicyclic) bond motifs is 2. The summed E-state index contributed by atoms with van der Waals surface area (Å²) in [5.41, 5.74) is 2.16. The second-order valence-electron chi connectivity index (χ2n) is 16.2. The molecule has 5 aromatic rings. The number of hydrogen-bond donors (Lipinski definition) is 5. The van der Waals surface area contributed by atoms with Crippen LogP contribution in [0.2, 0.25) is 25.0 Å². The normalized spacial score (nSPS) is 24.1. The minimum atomic E-state index is -3.52. The Bertz CT molecular complexity index is 2420. The molecule has 7 rings (SSSR count). The van der Waals surface area contributed by atoms with E-state index >= 15 is 0 Å². The van der Waals surface area contributed by atoms with E-state index in [1.165, 1.54) is 19.0 Å². The third-order valence-corrected chi connectivity index (χ3v) is 18.1. The highest BCUT2D eigenvalue weighted by Crippen LogP contribution is 2.50. The van der Waals surface area contributed by atoms with Crippen molar-refractivity contribution in [1.29, 1.82) is 5.26 Å². The number of anilines is 2. The minimum absolute atomic E-state index is 0.0355. The Morgan fingerprint density at radius 2 is 1.67 bits per heavy atom. The largest absolute Gasteiger partial charge is 0.414 e. The van der Waals surface area contributed by atoms with Crippen LogP contribution >= 0.6 is 6.64 Å². The van der Waals surface area contributed by atoms with Gasteiger partial charge in [0.25, 0.3) is 12.5 Å². The summed E-state index contributed by atoms with van der Waals surface area (Å²) in [5, 5.41) is 40.7. The Kier molecular flexibility index (Phi) is 13.6. The lowest BCUT2D eigenvalue weighted by Crippen LogP contribution is -2.52. The number of carbonyl (C=O) groups is 1. The van der Waals surface area contributed by atoms with Gasteiger partial charge in [0.15, 0.2) is 43.4 Å². The number of nitrogens with zero attached hydrogens (tertiary/aromatic N) is 9. The summed E-state index contributed by atoms with van der Waals surface area (Å²) < 4.78 is 36.0. The fraction of sp³-hybridized carbons (Fsp3) is 0.514. The number of rotatable bonds is 17. The Hall–Kier alpha value is -4.31. The number of hydrogen-bond acceptors (Lipinski definition) is 17. The predicted molar refractivity (Wildman–Crippen MR) is 233 cm³/mol. The van der Waals surface area contributed by atoms with Gasteiger partial charge in [-0.15, -0.1) is 0 Å². The van der Waals surface area contributed by atoms with E-state index in [-0.39, 0.29) is 42.8 Å². The van der Waals surface area contributed by atoms with Crippen molar-refractivity contribution in [2.24, 2.45) is 0 Å². The smallest absolute Gasteiger partial charge is 0.261 e. The molecule has 0 bridgehead atoms. The van der Waals surface area contributed by atoms with Gasteiger partial charge >= 0.3 is 0 Å².